The van der Waals surface area contributed by atoms with Crippen LogP contribution < -0.4 is 11.5 Å². The Balaban J connectivity index is 4.09. The zero-order valence-electron chi connectivity index (χ0n) is 9.64. The minimum absolute atomic E-state index is 0.124. The van der Waals surface area contributed by atoms with Crippen molar-refractivity contribution in [2.24, 2.45) is 22.8 Å². The molecule has 2 heteroatoms. The molecule has 4 N–H and O–H groups in total. The number of nitrogens with two attached hydrogens (primary N) is 2. The Morgan fingerprint density at radius 1 is 1.31 bits per heavy atom. The van der Waals surface area contributed by atoms with Crippen LogP contribution in [-0.4, -0.2) is 12.6 Å². The van der Waals surface area contributed by atoms with Crippen LogP contribution >= 0.6 is 0 Å². The third kappa shape index (κ3) is 3.65. The first-order valence-corrected chi connectivity index (χ1v) is 5.42. The van der Waals surface area contributed by atoms with Crippen LogP contribution in [0.4, 0.5) is 0 Å². The molecule has 0 bridgehead atoms. The normalized spacial score (nSPS) is 17.1. The highest BCUT2D eigenvalue weighted by Crippen LogP contribution is 2.32. The molecule has 0 aliphatic heterocycles. The highest BCUT2D eigenvalue weighted by Gasteiger charge is 2.30. The van der Waals surface area contributed by atoms with E-state index in [1.54, 1.807) is 0 Å². The Hall–Kier alpha value is -0.0800. The van der Waals surface area contributed by atoms with Crippen LogP contribution in [0.15, 0.2) is 0 Å². The average Bonchev–Trinajstić information content (AvgIpc) is 2.12. The standard InChI is InChI=1S/C11H26N2/c1-5-6-7-9(2)11(3,4)10(13)8-12/h9-10H,5-8,12-13H2,1-4H3. The van der Waals surface area contributed by atoms with Crippen molar-refractivity contribution >= 4 is 0 Å². The van der Waals surface area contributed by atoms with Gasteiger partial charge >= 0.3 is 0 Å². The van der Waals surface area contributed by atoms with Gasteiger partial charge < -0.3 is 11.5 Å². The van der Waals surface area contributed by atoms with Crippen molar-refractivity contribution in [2.75, 3.05) is 6.54 Å². The molecule has 0 heterocycles. The monoisotopic (exact) mass is 186 g/mol. The van der Waals surface area contributed by atoms with Gasteiger partial charge in [0.05, 0.1) is 0 Å². The van der Waals surface area contributed by atoms with Gasteiger partial charge in [0, 0.05) is 12.6 Å². The van der Waals surface area contributed by atoms with Crippen molar-refractivity contribution in [3.8, 4) is 0 Å². The summed E-state index contributed by atoms with van der Waals surface area (Å²) in [6.45, 7) is 9.55. The largest absolute Gasteiger partial charge is 0.329 e. The lowest BCUT2D eigenvalue weighted by Crippen LogP contribution is -2.46. The van der Waals surface area contributed by atoms with Gasteiger partial charge in [-0.1, -0.05) is 47.0 Å². The number of hydrogen-bond acceptors (Lipinski definition) is 2. The molecule has 0 saturated heterocycles. The number of rotatable bonds is 6. The van der Waals surface area contributed by atoms with Gasteiger partial charge in [-0.2, -0.15) is 0 Å². The van der Waals surface area contributed by atoms with Gasteiger partial charge in [-0.05, 0) is 11.3 Å². The minimum Gasteiger partial charge on any atom is -0.329 e. The molecular weight excluding hydrogens is 160 g/mol. The fourth-order valence-electron chi connectivity index (χ4n) is 1.55. The predicted molar refractivity (Wildman–Crippen MR) is 59.5 cm³/mol. The molecule has 13 heavy (non-hydrogen) atoms. The zero-order valence-corrected chi connectivity index (χ0v) is 9.64. The third-order valence-electron chi connectivity index (χ3n) is 3.47. The molecule has 0 saturated carbocycles. The summed E-state index contributed by atoms with van der Waals surface area (Å²) in [6.07, 6.45) is 3.82. The molecule has 0 aromatic heterocycles. The number of hydrogen-bond donors (Lipinski definition) is 2. The zero-order chi connectivity index (χ0) is 10.5. The highest BCUT2D eigenvalue weighted by molar-refractivity contribution is 4.86. The quantitative estimate of drug-likeness (QED) is 0.667. The topological polar surface area (TPSA) is 52.0 Å². The van der Waals surface area contributed by atoms with E-state index in [0.717, 1.165) is 0 Å². The summed E-state index contributed by atoms with van der Waals surface area (Å²) < 4.78 is 0. The van der Waals surface area contributed by atoms with E-state index in [1.165, 1.54) is 19.3 Å². The lowest BCUT2D eigenvalue weighted by atomic mass is 9.72. The van der Waals surface area contributed by atoms with Crippen molar-refractivity contribution < 1.29 is 0 Å². The van der Waals surface area contributed by atoms with Crippen molar-refractivity contribution in [1.82, 2.24) is 0 Å². The van der Waals surface area contributed by atoms with Crippen LogP contribution in [0.1, 0.15) is 47.0 Å². The molecule has 0 aromatic rings. The van der Waals surface area contributed by atoms with E-state index in [0.29, 0.717) is 12.5 Å². The maximum atomic E-state index is 6.00. The maximum absolute atomic E-state index is 6.00. The molecule has 2 atom stereocenters. The molecule has 0 amide bonds. The molecule has 2 nitrogen and oxygen atoms in total. The first-order chi connectivity index (χ1) is 5.96. The molecule has 0 aliphatic rings. The van der Waals surface area contributed by atoms with Crippen LogP contribution in [0.25, 0.3) is 0 Å². The Kier molecular flexibility index (Phi) is 5.57. The Morgan fingerprint density at radius 3 is 2.23 bits per heavy atom. The van der Waals surface area contributed by atoms with Gasteiger partial charge in [0.2, 0.25) is 0 Å². The Bertz CT molecular complexity index is 132. The summed E-state index contributed by atoms with van der Waals surface area (Å²) in [5.74, 6) is 0.658. The molecule has 2 unspecified atom stereocenters. The van der Waals surface area contributed by atoms with Crippen LogP contribution in [0.2, 0.25) is 0 Å². The second-order valence-electron chi connectivity index (χ2n) is 4.71. The van der Waals surface area contributed by atoms with Crippen LogP contribution in [0, 0.1) is 11.3 Å². The van der Waals surface area contributed by atoms with Crippen LogP contribution in [0.5, 0.6) is 0 Å². The summed E-state index contributed by atoms with van der Waals surface area (Å²) in [6, 6.07) is 0.124. The van der Waals surface area contributed by atoms with Crippen LogP contribution in [0.3, 0.4) is 0 Å². The summed E-state index contributed by atoms with van der Waals surface area (Å²) >= 11 is 0. The van der Waals surface area contributed by atoms with E-state index in [4.69, 9.17) is 11.5 Å². The number of unbranched alkanes of at least 4 members (excludes halogenated alkanes) is 1. The third-order valence-corrected chi connectivity index (χ3v) is 3.47. The van der Waals surface area contributed by atoms with Gasteiger partial charge in [0.15, 0.2) is 0 Å². The van der Waals surface area contributed by atoms with Gasteiger partial charge in [0.1, 0.15) is 0 Å². The summed E-state index contributed by atoms with van der Waals surface area (Å²) in [5.41, 5.74) is 11.8. The van der Waals surface area contributed by atoms with Gasteiger partial charge in [0.25, 0.3) is 0 Å². The average molecular weight is 186 g/mol. The highest BCUT2D eigenvalue weighted by atomic mass is 14.8. The second-order valence-corrected chi connectivity index (χ2v) is 4.71. The maximum Gasteiger partial charge on any atom is 0.0217 e. The van der Waals surface area contributed by atoms with E-state index in [-0.39, 0.29) is 11.5 Å². The second kappa shape index (κ2) is 5.61. The molecule has 0 fully saturated rings. The lowest BCUT2D eigenvalue weighted by Gasteiger charge is -2.37. The summed E-state index contributed by atoms with van der Waals surface area (Å²) in [7, 11) is 0. The molecule has 0 spiro atoms. The molecule has 0 aromatic carbocycles. The van der Waals surface area contributed by atoms with E-state index in [1.807, 2.05) is 0 Å². The summed E-state index contributed by atoms with van der Waals surface area (Å²) in [4.78, 5) is 0. The first kappa shape index (κ1) is 12.9. The van der Waals surface area contributed by atoms with E-state index in [2.05, 4.69) is 27.7 Å². The molecule has 80 valence electrons. The predicted octanol–water partition coefficient (Wildman–Crippen LogP) is 2.12. The van der Waals surface area contributed by atoms with Gasteiger partial charge in [-0.3, -0.25) is 0 Å². The SMILES string of the molecule is CCCCC(C)C(C)(C)C(N)CN. The van der Waals surface area contributed by atoms with E-state index >= 15 is 0 Å². The Morgan fingerprint density at radius 2 is 1.85 bits per heavy atom. The van der Waals surface area contributed by atoms with Gasteiger partial charge in [-0.25, -0.2) is 0 Å². The van der Waals surface area contributed by atoms with E-state index < -0.39 is 0 Å². The minimum atomic E-state index is 0.124. The van der Waals surface area contributed by atoms with Crippen LogP contribution in [-0.2, 0) is 0 Å². The molecule has 0 radical (unpaired) electrons. The van der Waals surface area contributed by atoms with E-state index in [9.17, 15) is 0 Å². The molecular formula is C11H26N2. The summed E-state index contributed by atoms with van der Waals surface area (Å²) in [5, 5.41) is 0. The Labute approximate surface area is 83.1 Å². The van der Waals surface area contributed by atoms with Crippen molar-refractivity contribution in [1.29, 1.82) is 0 Å². The van der Waals surface area contributed by atoms with Gasteiger partial charge in [-0.15, -0.1) is 0 Å². The first-order valence-electron chi connectivity index (χ1n) is 5.42. The fourth-order valence-corrected chi connectivity index (χ4v) is 1.55. The van der Waals surface area contributed by atoms with Crippen molar-refractivity contribution in [2.45, 2.75) is 53.0 Å². The molecule has 0 aliphatic carbocycles. The smallest absolute Gasteiger partial charge is 0.0217 e. The fraction of sp³-hybridized carbons (Fsp3) is 1.00. The van der Waals surface area contributed by atoms with Crippen molar-refractivity contribution in [3.63, 3.8) is 0 Å². The van der Waals surface area contributed by atoms with Crippen molar-refractivity contribution in [3.05, 3.63) is 0 Å². The lowest BCUT2D eigenvalue weighted by molar-refractivity contribution is 0.171. The molecule has 0 rings (SSSR count).